The predicted octanol–water partition coefficient (Wildman–Crippen LogP) is 3.06. The van der Waals surface area contributed by atoms with Crippen LogP contribution in [0.4, 0.5) is 0 Å². The predicted molar refractivity (Wildman–Crippen MR) is 76.9 cm³/mol. The van der Waals surface area contributed by atoms with Gasteiger partial charge in [-0.1, -0.05) is 0 Å². The lowest BCUT2D eigenvalue weighted by molar-refractivity contribution is -0.129. The van der Waals surface area contributed by atoms with Crippen LogP contribution in [0.3, 0.4) is 0 Å². The van der Waals surface area contributed by atoms with Crippen LogP contribution in [0.5, 0.6) is 0 Å². The summed E-state index contributed by atoms with van der Waals surface area (Å²) in [5, 5.41) is 0. The molecule has 0 bridgehead atoms. The van der Waals surface area contributed by atoms with Gasteiger partial charge >= 0.3 is 0 Å². The van der Waals surface area contributed by atoms with Gasteiger partial charge in [-0.05, 0) is 41.9 Å². The molecule has 0 radical (unpaired) electrons. The van der Waals surface area contributed by atoms with Gasteiger partial charge in [-0.2, -0.15) is 0 Å². The van der Waals surface area contributed by atoms with Gasteiger partial charge in [0.2, 0.25) is 0 Å². The highest BCUT2D eigenvalue weighted by atomic mass is 79.9. The van der Waals surface area contributed by atoms with Gasteiger partial charge in [0.05, 0.1) is 17.4 Å². The zero-order valence-electron chi connectivity index (χ0n) is 10.7. The number of aromatic nitrogens is 1. The molecular formula is C13H18BrClN2O. The average Bonchev–Trinajstić information content (AvgIpc) is 2.30. The molecule has 1 atom stereocenters. The number of ether oxygens (including phenoxy) is 1. The van der Waals surface area contributed by atoms with Crippen LogP contribution in [0.2, 0.25) is 0 Å². The summed E-state index contributed by atoms with van der Waals surface area (Å²) in [7, 11) is 0. The summed E-state index contributed by atoms with van der Waals surface area (Å²) in [4.78, 5) is 6.76. The topological polar surface area (TPSA) is 25.4 Å². The van der Waals surface area contributed by atoms with Gasteiger partial charge in [-0.15, -0.1) is 11.6 Å². The minimum Gasteiger partial charge on any atom is -0.368 e. The van der Waals surface area contributed by atoms with Crippen LogP contribution in [-0.4, -0.2) is 40.6 Å². The normalized spacial score (nSPS) is 24.1. The van der Waals surface area contributed by atoms with E-state index >= 15 is 0 Å². The molecule has 2 heterocycles. The quantitative estimate of drug-likeness (QED) is 0.795. The first-order valence-corrected chi connectivity index (χ1v) is 7.38. The van der Waals surface area contributed by atoms with E-state index in [1.807, 2.05) is 18.3 Å². The second-order valence-electron chi connectivity index (χ2n) is 5.29. The number of hydrogen-bond donors (Lipinski definition) is 0. The number of hydrogen-bond acceptors (Lipinski definition) is 3. The monoisotopic (exact) mass is 332 g/mol. The maximum atomic E-state index is 5.92. The van der Waals surface area contributed by atoms with Gasteiger partial charge in [0.1, 0.15) is 0 Å². The van der Waals surface area contributed by atoms with E-state index in [4.69, 9.17) is 16.3 Å². The second kappa shape index (κ2) is 5.87. The molecular weight excluding hydrogens is 316 g/mol. The van der Waals surface area contributed by atoms with Crippen molar-refractivity contribution in [2.24, 2.45) is 0 Å². The van der Waals surface area contributed by atoms with Crippen molar-refractivity contribution in [3.05, 3.63) is 28.5 Å². The number of halogens is 2. The van der Waals surface area contributed by atoms with Gasteiger partial charge in [0.25, 0.3) is 0 Å². The fraction of sp³-hybridized carbons (Fsp3) is 0.615. The van der Waals surface area contributed by atoms with Crippen molar-refractivity contribution in [2.45, 2.75) is 32.1 Å². The van der Waals surface area contributed by atoms with E-state index in [0.717, 1.165) is 29.8 Å². The van der Waals surface area contributed by atoms with Crippen LogP contribution >= 0.6 is 27.5 Å². The van der Waals surface area contributed by atoms with E-state index in [1.54, 1.807) is 0 Å². The minimum atomic E-state index is -0.146. The number of morpholine rings is 1. The highest BCUT2D eigenvalue weighted by Gasteiger charge is 2.32. The molecule has 1 saturated heterocycles. The molecule has 0 aliphatic carbocycles. The van der Waals surface area contributed by atoms with Crippen LogP contribution in [-0.2, 0) is 11.3 Å². The molecule has 0 spiro atoms. The molecule has 1 aromatic rings. The van der Waals surface area contributed by atoms with Crippen LogP contribution in [0.15, 0.2) is 22.8 Å². The Morgan fingerprint density at radius 1 is 1.56 bits per heavy atom. The summed E-state index contributed by atoms with van der Waals surface area (Å²) < 4.78 is 6.92. The average molecular weight is 334 g/mol. The first-order chi connectivity index (χ1) is 8.48. The van der Waals surface area contributed by atoms with Gasteiger partial charge in [0, 0.05) is 36.2 Å². The molecule has 0 amide bonds. The van der Waals surface area contributed by atoms with Crippen molar-refractivity contribution in [1.82, 2.24) is 9.88 Å². The Morgan fingerprint density at radius 3 is 2.94 bits per heavy atom. The molecule has 1 aromatic heterocycles. The number of nitrogens with zero attached hydrogens (tertiary/aromatic N) is 2. The number of pyridine rings is 1. The molecule has 0 saturated carbocycles. The van der Waals surface area contributed by atoms with E-state index in [-0.39, 0.29) is 11.7 Å². The van der Waals surface area contributed by atoms with E-state index in [9.17, 15) is 0 Å². The first-order valence-electron chi connectivity index (χ1n) is 6.05. The summed E-state index contributed by atoms with van der Waals surface area (Å²) in [6.07, 6.45) is 1.94. The summed E-state index contributed by atoms with van der Waals surface area (Å²) in [6, 6.07) is 4.06. The van der Waals surface area contributed by atoms with Crippen molar-refractivity contribution in [3.63, 3.8) is 0 Å². The standard InChI is InChI=1S/C13H18BrClN2O/c1-13(2)9-17(8-12(5-15)18-13)7-11-4-3-10(14)6-16-11/h3-4,6,12H,5,7-9H2,1-2H3. The first kappa shape index (κ1) is 14.3. The van der Waals surface area contributed by atoms with Gasteiger partial charge < -0.3 is 4.74 Å². The van der Waals surface area contributed by atoms with E-state index < -0.39 is 0 Å². The summed E-state index contributed by atoms with van der Waals surface area (Å²) in [6.45, 7) is 6.82. The third-order valence-electron chi connectivity index (χ3n) is 2.90. The smallest absolute Gasteiger partial charge is 0.0845 e. The van der Waals surface area contributed by atoms with Crippen molar-refractivity contribution < 1.29 is 4.74 Å². The largest absolute Gasteiger partial charge is 0.368 e. The van der Waals surface area contributed by atoms with Crippen LogP contribution in [0.1, 0.15) is 19.5 Å². The lowest BCUT2D eigenvalue weighted by atomic mass is 10.1. The summed E-state index contributed by atoms with van der Waals surface area (Å²) in [5.41, 5.74) is 0.928. The SMILES string of the molecule is CC1(C)CN(Cc2ccc(Br)cn2)CC(CCl)O1. The van der Waals surface area contributed by atoms with Crippen LogP contribution in [0, 0.1) is 0 Å². The van der Waals surface area contributed by atoms with Crippen LogP contribution < -0.4 is 0 Å². The van der Waals surface area contributed by atoms with E-state index in [1.165, 1.54) is 0 Å². The molecule has 5 heteroatoms. The van der Waals surface area contributed by atoms with Crippen molar-refractivity contribution in [2.75, 3.05) is 19.0 Å². The summed E-state index contributed by atoms with van der Waals surface area (Å²) >= 11 is 9.32. The Morgan fingerprint density at radius 2 is 2.33 bits per heavy atom. The minimum absolute atomic E-state index is 0.103. The van der Waals surface area contributed by atoms with Crippen molar-refractivity contribution in [3.8, 4) is 0 Å². The Labute approximate surface area is 122 Å². The zero-order chi connectivity index (χ0) is 13.2. The number of rotatable bonds is 3. The van der Waals surface area contributed by atoms with Crippen molar-refractivity contribution >= 4 is 27.5 Å². The molecule has 18 heavy (non-hydrogen) atoms. The van der Waals surface area contributed by atoms with E-state index in [0.29, 0.717) is 5.88 Å². The maximum absolute atomic E-state index is 5.92. The lowest BCUT2D eigenvalue weighted by Crippen LogP contribution is -2.52. The van der Waals surface area contributed by atoms with E-state index in [2.05, 4.69) is 39.7 Å². The Hall–Kier alpha value is -0.160. The highest BCUT2D eigenvalue weighted by Crippen LogP contribution is 2.23. The van der Waals surface area contributed by atoms with Gasteiger partial charge in [0.15, 0.2) is 0 Å². The zero-order valence-corrected chi connectivity index (χ0v) is 13.0. The lowest BCUT2D eigenvalue weighted by Gasteiger charge is -2.42. The Kier molecular flexibility index (Phi) is 4.64. The number of alkyl halides is 1. The fourth-order valence-corrected chi connectivity index (χ4v) is 2.74. The molecule has 100 valence electrons. The maximum Gasteiger partial charge on any atom is 0.0845 e. The molecule has 1 fully saturated rings. The summed E-state index contributed by atoms with van der Waals surface area (Å²) in [5.74, 6) is 0.535. The molecule has 1 unspecified atom stereocenters. The molecule has 0 aromatic carbocycles. The van der Waals surface area contributed by atoms with Crippen LogP contribution in [0.25, 0.3) is 0 Å². The highest BCUT2D eigenvalue weighted by molar-refractivity contribution is 9.10. The molecule has 0 N–H and O–H groups in total. The third-order valence-corrected chi connectivity index (χ3v) is 3.71. The van der Waals surface area contributed by atoms with Crippen molar-refractivity contribution in [1.29, 1.82) is 0 Å². The Bertz CT molecular complexity index is 396. The Balaban J connectivity index is 2.02. The molecule has 3 nitrogen and oxygen atoms in total. The van der Waals surface area contributed by atoms with Gasteiger partial charge in [-0.25, -0.2) is 0 Å². The second-order valence-corrected chi connectivity index (χ2v) is 6.52. The third kappa shape index (κ3) is 3.92. The molecule has 2 rings (SSSR count). The molecule has 1 aliphatic rings. The fourth-order valence-electron chi connectivity index (χ4n) is 2.35. The molecule has 1 aliphatic heterocycles. The van der Waals surface area contributed by atoms with Gasteiger partial charge in [-0.3, -0.25) is 9.88 Å².